The summed E-state index contributed by atoms with van der Waals surface area (Å²) < 4.78 is 10.2. The fraction of sp³-hybridized carbons (Fsp3) is 0.167. The van der Waals surface area contributed by atoms with Gasteiger partial charge in [0.25, 0.3) is 11.1 Å². The van der Waals surface area contributed by atoms with Gasteiger partial charge >= 0.3 is 0 Å². The molecule has 1 aliphatic rings. The molecule has 0 spiro atoms. The van der Waals surface area contributed by atoms with Crippen LogP contribution < -0.4 is 10.1 Å². The number of rotatable bonds is 6. The number of carbonyl (C=O) groups is 3. The van der Waals surface area contributed by atoms with Crippen molar-refractivity contribution in [2.45, 2.75) is 6.54 Å². The van der Waals surface area contributed by atoms with Crippen molar-refractivity contribution in [3.63, 3.8) is 0 Å². The highest BCUT2D eigenvalue weighted by Gasteiger charge is 2.36. The lowest BCUT2D eigenvalue weighted by Crippen LogP contribution is -2.39. The summed E-state index contributed by atoms with van der Waals surface area (Å²) in [5.74, 6) is 0.277. The largest absolute Gasteiger partial charge is 0.497 e. The number of ether oxygens (including phenoxy) is 1. The molecule has 2 aromatic rings. The Morgan fingerprint density at radius 1 is 1.27 bits per heavy atom. The first-order valence-electron chi connectivity index (χ1n) is 7.75. The fourth-order valence-electron chi connectivity index (χ4n) is 2.28. The Balaban J connectivity index is 1.56. The first-order valence-corrected chi connectivity index (χ1v) is 8.57. The van der Waals surface area contributed by atoms with E-state index in [4.69, 9.17) is 9.15 Å². The molecular formula is C18H16N2O5S. The highest BCUT2D eigenvalue weighted by atomic mass is 32.2. The smallest absolute Gasteiger partial charge is 0.294 e. The topological polar surface area (TPSA) is 88.8 Å². The minimum Gasteiger partial charge on any atom is -0.497 e. The van der Waals surface area contributed by atoms with Crippen LogP contribution in [0.5, 0.6) is 5.75 Å². The lowest BCUT2D eigenvalue weighted by molar-refractivity contribution is -0.129. The van der Waals surface area contributed by atoms with Crippen LogP contribution in [0.25, 0.3) is 6.08 Å². The van der Waals surface area contributed by atoms with Crippen molar-refractivity contribution in [1.29, 1.82) is 0 Å². The predicted molar refractivity (Wildman–Crippen MR) is 96.2 cm³/mol. The van der Waals surface area contributed by atoms with Crippen LogP contribution in [-0.2, 0) is 16.1 Å². The highest BCUT2D eigenvalue weighted by molar-refractivity contribution is 8.18. The summed E-state index contributed by atoms with van der Waals surface area (Å²) in [4.78, 5) is 37.5. The van der Waals surface area contributed by atoms with E-state index in [1.165, 1.54) is 12.3 Å². The van der Waals surface area contributed by atoms with Crippen LogP contribution >= 0.6 is 11.8 Å². The van der Waals surface area contributed by atoms with Gasteiger partial charge in [-0.2, -0.15) is 0 Å². The molecule has 3 amide bonds. The fourth-order valence-corrected chi connectivity index (χ4v) is 3.10. The number of amides is 3. The van der Waals surface area contributed by atoms with Gasteiger partial charge in [0.2, 0.25) is 5.91 Å². The number of benzene rings is 1. The summed E-state index contributed by atoms with van der Waals surface area (Å²) in [6.45, 7) is -0.0302. The van der Waals surface area contributed by atoms with Crippen LogP contribution in [0, 0.1) is 0 Å². The van der Waals surface area contributed by atoms with E-state index >= 15 is 0 Å². The zero-order valence-corrected chi connectivity index (χ0v) is 14.7. The average molecular weight is 372 g/mol. The minimum atomic E-state index is -0.504. The second-order valence-corrected chi connectivity index (χ2v) is 6.40. The Kier molecular flexibility index (Phi) is 5.43. The van der Waals surface area contributed by atoms with E-state index in [9.17, 15) is 14.4 Å². The molecule has 0 bridgehead atoms. The molecule has 1 aromatic heterocycles. The summed E-state index contributed by atoms with van der Waals surface area (Å²) in [6, 6.07) is 10.6. The van der Waals surface area contributed by atoms with E-state index in [1.54, 1.807) is 31.4 Å². The summed E-state index contributed by atoms with van der Waals surface area (Å²) >= 11 is 0.785. The van der Waals surface area contributed by atoms with Gasteiger partial charge in [0, 0.05) is 12.6 Å². The monoisotopic (exact) mass is 372 g/mol. The number of imide groups is 1. The number of nitrogens with zero attached hydrogens (tertiary/aromatic N) is 1. The molecule has 1 aromatic carbocycles. The maximum absolute atomic E-state index is 12.3. The van der Waals surface area contributed by atoms with Crippen molar-refractivity contribution in [1.82, 2.24) is 10.2 Å². The van der Waals surface area contributed by atoms with Crippen LogP contribution in [-0.4, -0.2) is 35.6 Å². The Labute approximate surface area is 154 Å². The van der Waals surface area contributed by atoms with Gasteiger partial charge in [0.15, 0.2) is 0 Å². The molecule has 0 aliphatic carbocycles. The van der Waals surface area contributed by atoms with E-state index in [-0.39, 0.29) is 11.4 Å². The third kappa shape index (κ3) is 4.15. The molecule has 1 saturated heterocycles. The predicted octanol–water partition coefficient (Wildman–Crippen LogP) is 2.64. The van der Waals surface area contributed by atoms with Crippen LogP contribution in [0.4, 0.5) is 4.79 Å². The molecule has 26 heavy (non-hydrogen) atoms. The van der Waals surface area contributed by atoms with Gasteiger partial charge < -0.3 is 14.5 Å². The molecule has 0 radical (unpaired) electrons. The molecule has 3 rings (SSSR count). The zero-order valence-electron chi connectivity index (χ0n) is 13.9. The molecule has 0 unspecified atom stereocenters. The zero-order chi connectivity index (χ0) is 18.5. The highest BCUT2D eigenvalue weighted by Crippen LogP contribution is 2.31. The van der Waals surface area contributed by atoms with E-state index in [0.29, 0.717) is 12.3 Å². The van der Waals surface area contributed by atoms with Gasteiger partial charge in [-0.05, 0) is 41.6 Å². The third-order valence-electron chi connectivity index (χ3n) is 3.64. The van der Waals surface area contributed by atoms with Gasteiger partial charge in [0.05, 0.1) is 18.3 Å². The van der Waals surface area contributed by atoms with E-state index < -0.39 is 17.1 Å². The van der Waals surface area contributed by atoms with Gasteiger partial charge in [-0.25, -0.2) is 0 Å². The summed E-state index contributed by atoms with van der Waals surface area (Å²) in [6.07, 6.45) is 2.96. The second kappa shape index (κ2) is 7.92. The normalized spacial score (nSPS) is 15.6. The van der Waals surface area contributed by atoms with Crippen molar-refractivity contribution in [2.24, 2.45) is 0 Å². The van der Waals surface area contributed by atoms with E-state index in [2.05, 4.69) is 5.32 Å². The Bertz CT molecular complexity index is 843. The van der Waals surface area contributed by atoms with Gasteiger partial charge in [-0.15, -0.1) is 0 Å². The van der Waals surface area contributed by atoms with Crippen molar-refractivity contribution in [3.8, 4) is 5.75 Å². The molecule has 8 heteroatoms. The molecule has 134 valence electrons. The van der Waals surface area contributed by atoms with Gasteiger partial charge in [-0.1, -0.05) is 12.1 Å². The SMILES string of the molecule is COc1ccc(CNC(=O)CN2C(=O)S/C(=C\c3ccco3)C2=O)cc1. The molecule has 2 heterocycles. The average Bonchev–Trinajstić information content (AvgIpc) is 3.25. The lowest BCUT2D eigenvalue weighted by atomic mass is 10.2. The Morgan fingerprint density at radius 3 is 2.69 bits per heavy atom. The quantitative estimate of drug-likeness (QED) is 0.784. The maximum atomic E-state index is 12.3. The summed E-state index contributed by atoms with van der Waals surface area (Å²) in [5.41, 5.74) is 0.881. The molecule has 7 nitrogen and oxygen atoms in total. The van der Waals surface area contributed by atoms with Gasteiger partial charge in [0.1, 0.15) is 18.1 Å². The number of hydrogen-bond acceptors (Lipinski definition) is 6. The van der Waals surface area contributed by atoms with Crippen LogP contribution in [0.2, 0.25) is 0 Å². The molecule has 1 aliphatic heterocycles. The number of methoxy groups -OCH3 is 1. The Hall–Kier alpha value is -3.00. The maximum Gasteiger partial charge on any atom is 0.294 e. The minimum absolute atomic E-state index is 0.230. The van der Waals surface area contributed by atoms with E-state index in [0.717, 1.165) is 28.0 Å². The van der Waals surface area contributed by atoms with Crippen LogP contribution in [0.3, 0.4) is 0 Å². The summed E-state index contributed by atoms with van der Waals surface area (Å²) in [7, 11) is 1.58. The number of furan rings is 1. The first-order chi connectivity index (χ1) is 12.6. The lowest BCUT2D eigenvalue weighted by Gasteiger charge is -2.12. The standard InChI is InChI=1S/C18H16N2O5S/c1-24-13-6-4-12(5-7-13)10-19-16(21)11-20-17(22)15(26-18(20)23)9-14-3-2-8-25-14/h2-9H,10-11H2,1H3,(H,19,21)/b15-9-. The van der Waals surface area contributed by atoms with Crippen molar-refractivity contribution >= 4 is 34.9 Å². The Morgan fingerprint density at radius 2 is 2.04 bits per heavy atom. The number of carbonyl (C=O) groups excluding carboxylic acids is 3. The number of thioether (sulfide) groups is 1. The third-order valence-corrected chi connectivity index (χ3v) is 4.55. The molecule has 0 atom stereocenters. The molecular weight excluding hydrogens is 356 g/mol. The van der Waals surface area contributed by atoms with Crippen LogP contribution in [0.15, 0.2) is 52.0 Å². The van der Waals surface area contributed by atoms with Gasteiger partial charge in [-0.3, -0.25) is 19.3 Å². The molecule has 0 saturated carbocycles. The first kappa shape index (κ1) is 17.8. The van der Waals surface area contributed by atoms with Crippen molar-refractivity contribution < 1.29 is 23.5 Å². The number of hydrogen-bond donors (Lipinski definition) is 1. The van der Waals surface area contributed by atoms with Crippen LogP contribution in [0.1, 0.15) is 11.3 Å². The second-order valence-electron chi connectivity index (χ2n) is 5.41. The number of nitrogens with one attached hydrogen (secondary N) is 1. The molecule has 1 fully saturated rings. The molecule has 1 N–H and O–H groups in total. The van der Waals surface area contributed by atoms with E-state index in [1.807, 2.05) is 12.1 Å². The van der Waals surface area contributed by atoms with Crippen molar-refractivity contribution in [2.75, 3.05) is 13.7 Å². The summed E-state index contributed by atoms with van der Waals surface area (Å²) in [5, 5.41) is 2.21. The van der Waals surface area contributed by atoms with Crippen molar-refractivity contribution in [3.05, 3.63) is 58.9 Å².